The lowest BCUT2D eigenvalue weighted by atomic mass is 10.1. The fourth-order valence-corrected chi connectivity index (χ4v) is 3.94. The van der Waals surface area contributed by atoms with Crippen molar-refractivity contribution in [2.24, 2.45) is 0 Å². The monoisotopic (exact) mass is 266 g/mol. The van der Waals surface area contributed by atoms with Crippen molar-refractivity contribution in [2.75, 3.05) is 7.11 Å². The average Bonchev–Trinajstić information content (AvgIpc) is 2.96. The van der Waals surface area contributed by atoms with E-state index in [-0.39, 0.29) is 5.78 Å². The summed E-state index contributed by atoms with van der Waals surface area (Å²) >= 11 is 1.68. The average molecular weight is 266 g/mol. The molecule has 2 nitrogen and oxygen atoms in total. The summed E-state index contributed by atoms with van der Waals surface area (Å²) in [6, 6.07) is 13.8. The van der Waals surface area contributed by atoms with Crippen molar-refractivity contribution >= 4 is 27.2 Å². The highest BCUT2D eigenvalue weighted by Crippen LogP contribution is 2.48. The third kappa shape index (κ3) is 1.28. The quantitative estimate of drug-likeness (QED) is 0.518. The third-order valence-electron chi connectivity index (χ3n) is 3.54. The summed E-state index contributed by atoms with van der Waals surface area (Å²) in [5.41, 5.74) is 2.54. The number of carbonyl (C=O) groups excluding carboxylic acids is 1. The predicted molar refractivity (Wildman–Crippen MR) is 77.2 cm³/mol. The van der Waals surface area contributed by atoms with E-state index in [1.807, 2.05) is 36.4 Å². The number of hydrogen-bond acceptors (Lipinski definition) is 3. The fourth-order valence-electron chi connectivity index (χ4n) is 2.71. The Hall–Kier alpha value is -2.13. The summed E-state index contributed by atoms with van der Waals surface area (Å²) < 4.78 is 6.49. The van der Waals surface area contributed by atoms with Crippen LogP contribution < -0.4 is 4.74 Å². The Morgan fingerprint density at radius 2 is 1.84 bits per heavy atom. The fraction of sp³-hybridized carbons (Fsp3) is 0.0625. The Morgan fingerprint density at radius 3 is 2.68 bits per heavy atom. The second-order valence-electron chi connectivity index (χ2n) is 4.51. The largest absolute Gasteiger partial charge is 0.496 e. The van der Waals surface area contributed by atoms with Gasteiger partial charge in [-0.1, -0.05) is 30.3 Å². The molecule has 92 valence electrons. The summed E-state index contributed by atoms with van der Waals surface area (Å²) in [4.78, 5) is 13.7. The molecule has 2 aromatic carbocycles. The second kappa shape index (κ2) is 3.68. The topological polar surface area (TPSA) is 26.3 Å². The number of rotatable bonds is 1. The van der Waals surface area contributed by atoms with Gasteiger partial charge < -0.3 is 4.74 Å². The zero-order valence-corrected chi connectivity index (χ0v) is 11.1. The highest BCUT2D eigenvalue weighted by molar-refractivity contribution is 7.23. The van der Waals surface area contributed by atoms with Gasteiger partial charge >= 0.3 is 0 Å². The first-order valence-electron chi connectivity index (χ1n) is 6.05. The molecule has 1 aliphatic rings. The smallest absolute Gasteiger partial charge is 0.199 e. The SMILES string of the molecule is COc1cccc2c1C(=O)c1c-2sc2ccccc12. The molecule has 3 heteroatoms. The molecule has 4 rings (SSSR count). The Labute approximate surface area is 114 Å². The summed E-state index contributed by atoms with van der Waals surface area (Å²) in [7, 11) is 1.60. The minimum atomic E-state index is 0.0832. The summed E-state index contributed by atoms with van der Waals surface area (Å²) in [5.74, 6) is 0.745. The molecule has 1 aromatic heterocycles. The molecule has 0 saturated carbocycles. The maximum atomic E-state index is 12.7. The van der Waals surface area contributed by atoms with E-state index < -0.39 is 0 Å². The van der Waals surface area contributed by atoms with Gasteiger partial charge in [-0.25, -0.2) is 0 Å². The molecular weight excluding hydrogens is 256 g/mol. The van der Waals surface area contributed by atoms with E-state index in [0.717, 1.165) is 26.1 Å². The number of methoxy groups -OCH3 is 1. The molecule has 0 radical (unpaired) electrons. The first-order valence-corrected chi connectivity index (χ1v) is 6.86. The standard InChI is InChI=1S/C16H10O2S/c1-18-11-7-4-6-10-13(11)15(17)14-9-5-2-3-8-12(9)19-16(10)14/h2-8H,1H3. The van der Waals surface area contributed by atoms with Crippen LogP contribution in [0.25, 0.3) is 20.5 Å². The minimum Gasteiger partial charge on any atom is -0.496 e. The van der Waals surface area contributed by atoms with Crippen molar-refractivity contribution in [3.63, 3.8) is 0 Å². The van der Waals surface area contributed by atoms with Crippen LogP contribution >= 0.6 is 11.3 Å². The number of fused-ring (bicyclic) bond motifs is 5. The van der Waals surface area contributed by atoms with Crippen molar-refractivity contribution in [2.45, 2.75) is 0 Å². The Bertz CT molecular complexity index is 830. The third-order valence-corrected chi connectivity index (χ3v) is 4.74. The molecule has 0 N–H and O–H groups in total. The molecule has 0 saturated heterocycles. The minimum absolute atomic E-state index is 0.0832. The first-order chi connectivity index (χ1) is 9.31. The van der Waals surface area contributed by atoms with Gasteiger partial charge in [0.05, 0.1) is 12.7 Å². The Kier molecular flexibility index (Phi) is 2.09. The van der Waals surface area contributed by atoms with Crippen molar-refractivity contribution in [1.82, 2.24) is 0 Å². The van der Waals surface area contributed by atoms with Crippen LogP contribution in [0.3, 0.4) is 0 Å². The van der Waals surface area contributed by atoms with Gasteiger partial charge in [0.25, 0.3) is 0 Å². The molecule has 0 unspecified atom stereocenters. The molecular formula is C16H10O2S. The maximum Gasteiger partial charge on any atom is 0.199 e. The summed E-state index contributed by atoms with van der Waals surface area (Å²) in [6.07, 6.45) is 0. The van der Waals surface area contributed by atoms with Crippen molar-refractivity contribution < 1.29 is 9.53 Å². The van der Waals surface area contributed by atoms with E-state index in [0.29, 0.717) is 11.3 Å². The molecule has 1 aliphatic carbocycles. The number of ether oxygens (including phenoxy) is 1. The molecule has 0 amide bonds. The Balaban J connectivity index is 2.13. The van der Waals surface area contributed by atoms with Gasteiger partial charge in [0.1, 0.15) is 5.75 Å². The van der Waals surface area contributed by atoms with Gasteiger partial charge in [0.2, 0.25) is 0 Å². The van der Waals surface area contributed by atoms with E-state index in [2.05, 4.69) is 6.07 Å². The van der Waals surface area contributed by atoms with E-state index in [1.54, 1.807) is 18.4 Å². The van der Waals surface area contributed by atoms with Gasteiger partial charge in [-0.3, -0.25) is 4.79 Å². The van der Waals surface area contributed by atoms with Crippen LogP contribution in [0.15, 0.2) is 42.5 Å². The highest BCUT2D eigenvalue weighted by Gasteiger charge is 2.33. The van der Waals surface area contributed by atoms with Gasteiger partial charge in [0.15, 0.2) is 5.78 Å². The molecule has 0 bridgehead atoms. The van der Waals surface area contributed by atoms with Crippen molar-refractivity contribution in [3.8, 4) is 16.2 Å². The van der Waals surface area contributed by atoms with E-state index >= 15 is 0 Å². The predicted octanol–water partition coefficient (Wildman–Crippen LogP) is 4.12. The van der Waals surface area contributed by atoms with Gasteiger partial charge in [-0.2, -0.15) is 0 Å². The summed E-state index contributed by atoms with van der Waals surface area (Å²) in [6.45, 7) is 0. The van der Waals surface area contributed by atoms with Crippen LogP contribution in [0, 0.1) is 0 Å². The van der Waals surface area contributed by atoms with E-state index in [1.165, 1.54) is 0 Å². The molecule has 1 heterocycles. The lowest BCUT2D eigenvalue weighted by Crippen LogP contribution is -1.98. The van der Waals surface area contributed by atoms with Crippen molar-refractivity contribution in [1.29, 1.82) is 0 Å². The molecule has 0 fully saturated rings. The van der Waals surface area contributed by atoms with Crippen LogP contribution in [-0.4, -0.2) is 12.9 Å². The van der Waals surface area contributed by atoms with Crippen LogP contribution in [-0.2, 0) is 0 Å². The van der Waals surface area contributed by atoms with Gasteiger partial charge in [-0.15, -0.1) is 11.3 Å². The molecule has 0 aliphatic heterocycles. The highest BCUT2D eigenvalue weighted by atomic mass is 32.1. The zero-order chi connectivity index (χ0) is 13.0. The molecule has 0 atom stereocenters. The maximum absolute atomic E-state index is 12.7. The number of hydrogen-bond donors (Lipinski definition) is 0. The Morgan fingerprint density at radius 1 is 1.00 bits per heavy atom. The second-order valence-corrected chi connectivity index (χ2v) is 5.57. The molecule has 3 aromatic rings. The number of ketones is 1. The first kappa shape index (κ1) is 10.8. The summed E-state index contributed by atoms with van der Waals surface area (Å²) in [5, 5.41) is 1.05. The number of thiophene rings is 1. The van der Waals surface area contributed by atoms with Gasteiger partial charge in [-0.05, 0) is 12.1 Å². The van der Waals surface area contributed by atoms with E-state index in [9.17, 15) is 4.79 Å². The molecule has 0 spiro atoms. The zero-order valence-electron chi connectivity index (χ0n) is 10.3. The molecule has 19 heavy (non-hydrogen) atoms. The van der Waals surface area contributed by atoms with Gasteiger partial charge in [0, 0.05) is 26.1 Å². The van der Waals surface area contributed by atoms with Crippen molar-refractivity contribution in [3.05, 3.63) is 53.6 Å². The van der Waals surface area contributed by atoms with Crippen LogP contribution in [0.4, 0.5) is 0 Å². The van der Waals surface area contributed by atoms with Crippen LogP contribution in [0.5, 0.6) is 5.75 Å². The van der Waals surface area contributed by atoms with Crippen LogP contribution in [0.1, 0.15) is 15.9 Å². The normalized spacial score (nSPS) is 12.6. The number of benzene rings is 2. The van der Waals surface area contributed by atoms with Crippen LogP contribution in [0.2, 0.25) is 0 Å². The lowest BCUT2D eigenvalue weighted by molar-refractivity contribution is 0.104. The number of carbonyl (C=O) groups is 1. The van der Waals surface area contributed by atoms with E-state index in [4.69, 9.17) is 4.74 Å². The lowest BCUT2D eigenvalue weighted by Gasteiger charge is -2.05.